The number of piperidine rings is 1. The average molecular weight is 292 g/mol. The van der Waals surface area contributed by atoms with Gasteiger partial charge in [0.25, 0.3) is 0 Å². The second kappa shape index (κ2) is 7.02. The highest BCUT2D eigenvalue weighted by atomic mass is 32.2. The third kappa shape index (κ3) is 6.21. The highest BCUT2D eigenvalue weighted by Crippen LogP contribution is 2.18. The molecule has 0 aromatic rings. The van der Waals surface area contributed by atoms with E-state index in [0.717, 1.165) is 32.2 Å². The van der Waals surface area contributed by atoms with Gasteiger partial charge in [0.05, 0.1) is 11.9 Å². The summed E-state index contributed by atoms with van der Waals surface area (Å²) in [5.74, 6) is 0.348. The molecule has 0 amide bonds. The Balaban J connectivity index is 2.34. The number of hydrogen-bond acceptors (Lipinski definition) is 4. The maximum atomic E-state index is 11.5. The Labute approximate surface area is 117 Å². The summed E-state index contributed by atoms with van der Waals surface area (Å²) in [5.41, 5.74) is -0.667. The zero-order valence-corrected chi connectivity index (χ0v) is 13.2. The minimum absolute atomic E-state index is 0.348. The molecule has 1 heterocycles. The summed E-state index contributed by atoms with van der Waals surface area (Å²) in [6, 6.07) is 0. The second-order valence-electron chi connectivity index (χ2n) is 6.01. The summed E-state index contributed by atoms with van der Waals surface area (Å²) in [7, 11) is -3.06. The third-order valence-electron chi connectivity index (χ3n) is 3.68. The molecule has 0 aromatic heterocycles. The zero-order valence-electron chi connectivity index (χ0n) is 12.4. The molecule has 1 aliphatic heterocycles. The first-order valence-electron chi connectivity index (χ1n) is 7.13. The topological polar surface area (TPSA) is 69.6 Å². The lowest BCUT2D eigenvalue weighted by Gasteiger charge is -2.32. The van der Waals surface area contributed by atoms with Gasteiger partial charge in [-0.2, -0.15) is 0 Å². The Bertz CT molecular complexity index is 368. The summed E-state index contributed by atoms with van der Waals surface area (Å²) in [4.78, 5) is 0. The summed E-state index contributed by atoms with van der Waals surface area (Å²) in [6.45, 7) is 6.47. The van der Waals surface area contributed by atoms with E-state index < -0.39 is 15.6 Å². The van der Waals surface area contributed by atoms with Crippen molar-refractivity contribution in [2.75, 3.05) is 32.4 Å². The van der Waals surface area contributed by atoms with Gasteiger partial charge in [-0.3, -0.25) is 0 Å². The van der Waals surface area contributed by atoms with Crippen LogP contribution in [0.25, 0.3) is 0 Å². The minimum Gasteiger partial charge on any atom is -0.389 e. The standard InChI is InChI=1S/C13H28N2O3S/c1-4-7-13(2,16)11-14-9-12-6-5-8-15(10-12)19(3,17)18/h12,14,16H,4-11H2,1-3H3. The van der Waals surface area contributed by atoms with Crippen LogP contribution < -0.4 is 5.32 Å². The van der Waals surface area contributed by atoms with Crippen LogP contribution in [0.5, 0.6) is 0 Å². The van der Waals surface area contributed by atoms with Gasteiger partial charge in [0.15, 0.2) is 0 Å². The van der Waals surface area contributed by atoms with E-state index in [4.69, 9.17) is 0 Å². The van der Waals surface area contributed by atoms with Crippen LogP contribution in [0.1, 0.15) is 39.5 Å². The predicted octanol–water partition coefficient (Wildman–Crippen LogP) is 0.799. The molecule has 1 aliphatic rings. The molecule has 0 aliphatic carbocycles. The first-order chi connectivity index (χ1) is 8.74. The van der Waals surface area contributed by atoms with Gasteiger partial charge in [-0.25, -0.2) is 12.7 Å². The first-order valence-corrected chi connectivity index (χ1v) is 8.97. The van der Waals surface area contributed by atoms with Crippen LogP contribution in [0.4, 0.5) is 0 Å². The fourth-order valence-corrected chi connectivity index (χ4v) is 3.61. The van der Waals surface area contributed by atoms with E-state index in [9.17, 15) is 13.5 Å². The van der Waals surface area contributed by atoms with Crippen LogP contribution in [0, 0.1) is 5.92 Å². The molecule has 5 nitrogen and oxygen atoms in total. The smallest absolute Gasteiger partial charge is 0.211 e. The molecular formula is C13H28N2O3S. The molecule has 2 atom stereocenters. The Morgan fingerprint density at radius 2 is 2.16 bits per heavy atom. The van der Waals surface area contributed by atoms with Crippen molar-refractivity contribution >= 4 is 10.0 Å². The van der Waals surface area contributed by atoms with Crippen molar-refractivity contribution in [1.29, 1.82) is 0 Å². The molecule has 114 valence electrons. The van der Waals surface area contributed by atoms with E-state index in [0.29, 0.717) is 25.6 Å². The fourth-order valence-electron chi connectivity index (χ4n) is 2.67. The van der Waals surface area contributed by atoms with Crippen LogP contribution in [-0.2, 0) is 10.0 Å². The zero-order chi connectivity index (χ0) is 14.5. The quantitative estimate of drug-likeness (QED) is 0.728. The number of hydrogen-bond donors (Lipinski definition) is 2. The van der Waals surface area contributed by atoms with E-state index in [2.05, 4.69) is 12.2 Å². The van der Waals surface area contributed by atoms with Crippen molar-refractivity contribution in [3.05, 3.63) is 0 Å². The summed E-state index contributed by atoms with van der Waals surface area (Å²) in [5, 5.41) is 13.3. The molecule has 6 heteroatoms. The van der Waals surface area contributed by atoms with Crippen molar-refractivity contribution in [3.8, 4) is 0 Å². The summed E-state index contributed by atoms with van der Waals surface area (Å²) in [6.07, 6.45) is 4.98. The van der Waals surface area contributed by atoms with E-state index >= 15 is 0 Å². The van der Waals surface area contributed by atoms with E-state index in [1.807, 2.05) is 6.92 Å². The van der Waals surface area contributed by atoms with Gasteiger partial charge >= 0.3 is 0 Å². The maximum Gasteiger partial charge on any atom is 0.211 e. The predicted molar refractivity (Wildman–Crippen MR) is 77.5 cm³/mol. The highest BCUT2D eigenvalue weighted by Gasteiger charge is 2.26. The highest BCUT2D eigenvalue weighted by molar-refractivity contribution is 7.88. The monoisotopic (exact) mass is 292 g/mol. The molecule has 0 aromatic carbocycles. The van der Waals surface area contributed by atoms with Crippen LogP contribution in [0.2, 0.25) is 0 Å². The molecule has 1 fully saturated rings. The van der Waals surface area contributed by atoms with Crippen molar-refractivity contribution < 1.29 is 13.5 Å². The van der Waals surface area contributed by atoms with Gasteiger partial charge in [-0.15, -0.1) is 0 Å². The lowest BCUT2D eigenvalue weighted by molar-refractivity contribution is 0.0485. The number of aliphatic hydroxyl groups is 1. The van der Waals surface area contributed by atoms with E-state index in [-0.39, 0.29) is 0 Å². The minimum atomic E-state index is -3.06. The lowest BCUT2D eigenvalue weighted by atomic mass is 9.98. The summed E-state index contributed by atoms with van der Waals surface area (Å²) >= 11 is 0. The largest absolute Gasteiger partial charge is 0.389 e. The van der Waals surface area contributed by atoms with Gasteiger partial charge in [0.2, 0.25) is 10.0 Å². The molecule has 2 N–H and O–H groups in total. The fraction of sp³-hybridized carbons (Fsp3) is 1.00. The molecule has 2 unspecified atom stereocenters. The summed E-state index contributed by atoms with van der Waals surface area (Å²) < 4.78 is 24.6. The van der Waals surface area contributed by atoms with Crippen LogP contribution >= 0.6 is 0 Å². The number of nitrogens with zero attached hydrogens (tertiary/aromatic N) is 1. The number of nitrogens with one attached hydrogen (secondary N) is 1. The number of sulfonamides is 1. The lowest BCUT2D eigenvalue weighted by Crippen LogP contribution is -2.45. The van der Waals surface area contributed by atoms with Crippen molar-refractivity contribution in [2.45, 2.75) is 45.1 Å². The second-order valence-corrected chi connectivity index (χ2v) is 7.99. The molecule has 1 saturated heterocycles. The maximum absolute atomic E-state index is 11.5. The van der Waals surface area contributed by atoms with E-state index in [1.54, 1.807) is 4.31 Å². The molecule has 19 heavy (non-hydrogen) atoms. The SMILES string of the molecule is CCCC(C)(O)CNCC1CCCN(S(C)(=O)=O)C1. The van der Waals surface area contributed by atoms with Crippen LogP contribution in [-0.4, -0.2) is 55.9 Å². The van der Waals surface area contributed by atoms with Gasteiger partial charge in [0.1, 0.15) is 0 Å². The van der Waals surface area contributed by atoms with Gasteiger partial charge in [-0.1, -0.05) is 13.3 Å². The van der Waals surface area contributed by atoms with Gasteiger partial charge in [-0.05, 0) is 38.6 Å². The Morgan fingerprint density at radius 1 is 1.47 bits per heavy atom. The van der Waals surface area contributed by atoms with Crippen LogP contribution in [0.3, 0.4) is 0 Å². The van der Waals surface area contributed by atoms with Gasteiger partial charge < -0.3 is 10.4 Å². The molecule has 1 rings (SSSR count). The first kappa shape index (κ1) is 16.9. The van der Waals surface area contributed by atoms with Crippen LogP contribution in [0.15, 0.2) is 0 Å². The Morgan fingerprint density at radius 3 is 2.74 bits per heavy atom. The molecule has 0 bridgehead atoms. The molecule has 0 spiro atoms. The van der Waals surface area contributed by atoms with Gasteiger partial charge in [0, 0.05) is 19.6 Å². The third-order valence-corrected chi connectivity index (χ3v) is 4.95. The molecular weight excluding hydrogens is 264 g/mol. The number of rotatable bonds is 7. The normalized spacial score (nSPS) is 25.2. The molecule has 0 saturated carbocycles. The Hall–Kier alpha value is -0.170. The molecule has 0 radical (unpaired) electrons. The van der Waals surface area contributed by atoms with Crippen molar-refractivity contribution in [3.63, 3.8) is 0 Å². The van der Waals surface area contributed by atoms with Crippen molar-refractivity contribution in [2.24, 2.45) is 5.92 Å². The van der Waals surface area contributed by atoms with E-state index in [1.165, 1.54) is 6.26 Å². The Kier molecular flexibility index (Phi) is 6.23. The average Bonchev–Trinajstić information content (AvgIpc) is 2.28. The van der Waals surface area contributed by atoms with Crippen molar-refractivity contribution in [1.82, 2.24) is 9.62 Å².